The van der Waals surface area contributed by atoms with Crippen molar-refractivity contribution in [3.05, 3.63) is 89.7 Å². The molecule has 3 nitrogen and oxygen atoms in total. The molecule has 4 aromatic rings. The minimum atomic E-state index is -0.302. The molecule has 0 saturated heterocycles. The van der Waals surface area contributed by atoms with Crippen LogP contribution in [0.2, 0.25) is 0 Å². The average molecular weight is 423 g/mol. The van der Waals surface area contributed by atoms with E-state index in [0.29, 0.717) is 22.9 Å². The lowest BCUT2D eigenvalue weighted by atomic mass is 10.2. The van der Waals surface area contributed by atoms with E-state index >= 15 is 0 Å². The van der Waals surface area contributed by atoms with Gasteiger partial charge in [0, 0.05) is 4.90 Å². The number of benzene rings is 3. The summed E-state index contributed by atoms with van der Waals surface area (Å²) in [5, 5.41) is 0.587. The molecule has 1 aromatic heterocycles. The normalized spacial score (nSPS) is 11.0. The summed E-state index contributed by atoms with van der Waals surface area (Å²) in [6, 6.07) is 22.4. The first-order valence-corrected chi connectivity index (χ1v) is 11.0. The molecule has 0 spiro atoms. The molecule has 0 radical (unpaired) electrons. The van der Waals surface area contributed by atoms with Gasteiger partial charge in [0.05, 0.1) is 22.5 Å². The molecule has 0 fully saturated rings. The highest BCUT2D eigenvalue weighted by Crippen LogP contribution is 2.31. The molecule has 146 valence electrons. The zero-order valence-electron chi connectivity index (χ0n) is 15.8. The number of nitrogens with zero attached hydrogens (tertiary/aromatic N) is 2. The lowest BCUT2D eigenvalue weighted by molar-refractivity contribution is -0.116. The van der Waals surface area contributed by atoms with Gasteiger partial charge >= 0.3 is 0 Å². The van der Waals surface area contributed by atoms with Gasteiger partial charge in [-0.15, -0.1) is 11.8 Å². The SMILES string of the molecule is Cc1ccc(SCC(=O)N(Cc2ccccc2)c2nc3ccc(F)cc3s2)cc1. The summed E-state index contributed by atoms with van der Waals surface area (Å²) in [4.78, 5) is 20.5. The summed E-state index contributed by atoms with van der Waals surface area (Å²) in [5.74, 6) is -0.0253. The van der Waals surface area contributed by atoms with E-state index in [4.69, 9.17) is 0 Å². The summed E-state index contributed by atoms with van der Waals surface area (Å²) >= 11 is 2.84. The van der Waals surface area contributed by atoms with Crippen molar-refractivity contribution in [2.24, 2.45) is 0 Å². The maximum atomic E-state index is 13.6. The standard InChI is InChI=1S/C23H19FN2OS2/c1-16-7-10-19(11-8-16)28-15-22(27)26(14-17-5-3-2-4-6-17)23-25-20-12-9-18(24)13-21(20)29-23/h2-13H,14-15H2,1H3. The van der Waals surface area contributed by atoms with Crippen molar-refractivity contribution < 1.29 is 9.18 Å². The number of hydrogen-bond acceptors (Lipinski definition) is 4. The molecule has 0 unspecified atom stereocenters. The van der Waals surface area contributed by atoms with Crippen molar-refractivity contribution in [2.75, 3.05) is 10.7 Å². The molecule has 0 N–H and O–H groups in total. The lowest BCUT2D eigenvalue weighted by Gasteiger charge is -2.20. The van der Waals surface area contributed by atoms with Crippen LogP contribution in [0.4, 0.5) is 9.52 Å². The number of anilines is 1. The number of fused-ring (bicyclic) bond motifs is 1. The Kier molecular flexibility index (Phi) is 5.92. The molecule has 0 aliphatic heterocycles. The molecule has 6 heteroatoms. The largest absolute Gasteiger partial charge is 0.283 e. The number of aromatic nitrogens is 1. The predicted molar refractivity (Wildman–Crippen MR) is 119 cm³/mol. The van der Waals surface area contributed by atoms with E-state index in [1.54, 1.807) is 11.0 Å². The Morgan fingerprint density at radius 1 is 1.07 bits per heavy atom. The number of thioether (sulfide) groups is 1. The van der Waals surface area contributed by atoms with Crippen LogP contribution < -0.4 is 4.90 Å². The maximum absolute atomic E-state index is 13.6. The van der Waals surface area contributed by atoms with E-state index in [1.807, 2.05) is 61.5 Å². The van der Waals surface area contributed by atoms with Crippen LogP contribution >= 0.6 is 23.1 Å². The second kappa shape index (κ2) is 8.76. The van der Waals surface area contributed by atoms with Gasteiger partial charge in [0.25, 0.3) is 0 Å². The number of carbonyl (C=O) groups excluding carboxylic acids is 1. The van der Waals surface area contributed by atoms with E-state index in [2.05, 4.69) is 4.98 Å². The van der Waals surface area contributed by atoms with Gasteiger partial charge in [0.15, 0.2) is 5.13 Å². The number of carbonyl (C=O) groups is 1. The van der Waals surface area contributed by atoms with Crippen LogP contribution in [0.3, 0.4) is 0 Å². The van der Waals surface area contributed by atoms with Gasteiger partial charge in [-0.1, -0.05) is 59.4 Å². The third-order valence-corrected chi connectivity index (χ3v) is 6.48. The fraction of sp³-hybridized carbons (Fsp3) is 0.130. The zero-order chi connectivity index (χ0) is 20.2. The van der Waals surface area contributed by atoms with Crippen LogP contribution in [0.25, 0.3) is 10.2 Å². The fourth-order valence-electron chi connectivity index (χ4n) is 2.89. The number of amides is 1. The predicted octanol–water partition coefficient (Wildman–Crippen LogP) is 6.07. The lowest BCUT2D eigenvalue weighted by Crippen LogP contribution is -2.31. The van der Waals surface area contributed by atoms with Gasteiger partial charge in [-0.05, 0) is 42.8 Å². The van der Waals surface area contributed by atoms with Crippen molar-refractivity contribution >= 4 is 44.4 Å². The van der Waals surface area contributed by atoms with Crippen molar-refractivity contribution in [1.82, 2.24) is 4.98 Å². The average Bonchev–Trinajstić information content (AvgIpc) is 3.15. The van der Waals surface area contributed by atoms with Gasteiger partial charge < -0.3 is 0 Å². The monoisotopic (exact) mass is 422 g/mol. The first kappa shape index (κ1) is 19.6. The summed E-state index contributed by atoms with van der Waals surface area (Å²) in [6.45, 7) is 2.47. The molecule has 0 aliphatic carbocycles. The van der Waals surface area contributed by atoms with Crippen LogP contribution in [0.5, 0.6) is 0 Å². The fourth-order valence-corrected chi connectivity index (χ4v) is 4.67. The summed E-state index contributed by atoms with van der Waals surface area (Å²) in [7, 11) is 0. The van der Waals surface area contributed by atoms with Gasteiger partial charge in [-0.2, -0.15) is 0 Å². The molecular weight excluding hydrogens is 403 g/mol. The Labute approximate surface area is 177 Å². The Balaban J connectivity index is 1.59. The topological polar surface area (TPSA) is 33.2 Å². The van der Waals surface area contributed by atoms with Gasteiger partial charge in [-0.3, -0.25) is 9.69 Å². The number of thiazole rings is 1. The quantitative estimate of drug-likeness (QED) is 0.354. The van der Waals surface area contributed by atoms with Crippen molar-refractivity contribution in [1.29, 1.82) is 0 Å². The van der Waals surface area contributed by atoms with E-state index < -0.39 is 0 Å². The minimum Gasteiger partial charge on any atom is -0.283 e. The van der Waals surface area contributed by atoms with Gasteiger partial charge in [-0.25, -0.2) is 9.37 Å². The smallest absolute Gasteiger partial charge is 0.239 e. The highest BCUT2D eigenvalue weighted by molar-refractivity contribution is 8.00. The highest BCUT2D eigenvalue weighted by Gasteiger charge is 2.20. The third kappa shape index (κ3) is 4.83. The van der Waals surface area contributed by atoms with E-state index in [1.165, 1.54) is 40.8 Å². The van der Waals surface area contributed by atoms with Gasteiger partial charge in [0.2, 0.25) is 5.91 Å². The Morgan fingerprint density at radius 2 is 1.83 bits per heavy atom. The third-order valence-electron chi connectivity index (χ3n) is 4.44. The van der Waals surface area contributed by atoms with Crippen LogP contribution in [-0.4, -0.2) is 16.6 Å². The van der Waals surface area contributed by atoms with E-state index in [0.717, 1.165) is 15.2 Å². The summed E-state index contributed by atoms with van der Waals surface area (Å²) < 4.78 is 14.3. The van der Waals surface area contributed by atoms with Crippen LogP contribution in [-0.2, 0) is 11.3 Å². The molecule has 0 bridgehead atoms. The number of aryl methyl sites for hydroxylation is 1. The summed E-state index contributed by atoms with van der Waals surface area (Å²) in [5.41, 5.74) is 2.91. The molecule has 3 aromatic carbocycles. The van der Waals surface area contributed by atoms with E-state index in [-0.39, 0.29) is 11.7 Å². The van der Waals surface area contributed by atoms with Crippen LogP contribution in [0.1, 0.15) is 11.1 Å². The molecule has 0 saturated carbocycles. The second-order valence-electron chi connectivity index (χ2n) is 6.68. The molecule has 0 atom stereocenters. The number of hydrogen-bond donors (Lipinski definition) is 0. The van der Waals surface area contributed by atoms with Crippen LogP contribution in [0.15, 0.2) is 77.7 Å². The molecule has 29 heavy (non-hydrogen) atoms. The van der Waals surface area contributed by atoms with E-state index in [9.17, 15) is 9.18 Å². The zero-order valence-corrected chi connectivity index (χ0v) is 17.5. The first-order chi connectivity index (χ1) is 14.1. The van der Waals surface area contributed by atoms with Crippen LogP contribution in [0, 0.1) is 12.7 Å². The number of halogens is 1. The highest BCUT2D eigenvalue weighted by atomic mass is 32.2. The van der Waals surface area contributed by atoms with Crippen molar-refractivity contribution in [3.63, 3.8) is 0 Å². The molecule has 0 aliphatic rings. The Morgan fingerprint density at radius 3 is 2.59 bits per heavy atom. The Bertz CT molecular complexity index is 1130. The Hall–Kier alpha value is -2.70. The van der Waals surface area contributed by atoms with Crippen molar-refractivity contribution in [3.8, 4) is 0 Å². The molecule has 4 rings (SSSR count). The van der Waals surface area contributed by atoms with Gasteiger partial charge in [0.1, 0.15) is 5.82 Å². The molecule has 1 amide bonds. The molecular formula is C23H19FN2OS2. The molecule has 1 heterocycles. The second-order valence-corrected chi connectivity index (χ2v) is 8.73. The first-order valence-electron chi connectivity index (χ1n) is 9.18. The van der Waals surface area contributed by atoms with Crippen molar-refractivity contribution in [2.45, 2.75) is 18.4 Å². The minimum absolute atomic E-state index is 0.0287. The number of rotatable bonds is 6. The summed E-state index contributed by atoms with van der Waals surface area (Å²) in [6.07, 6.45) is 0. The maximum Gasteiger partial charge on any atom is 0.239 e.